The van der Waals surface area contributed by atoms with Crippen LogP contribution < -0.4 is 5.32 Å². The SMILES string of the molecule is CC(C)c1ccccc1-c1nc2ccccc2c(NCc2ccc(-c3ccccn3)cc2)c1C#N. The number of nitrogens with one attached hydrogen (secondary N) is 1. The van der Waals surface area contributed by atoms with Gasteiger partial charge in [0.05, 0.1) is 22.6 Å². The Hall–Kier alpha value is -4.49. The molecule has 0 aliphatic rings. The molecule has 5 rings (SSSR count). The Labute approximate surface area is 205 Å². The quantitative estimate of drug-likeness (QED) is 0.287. The van der Waals surface area contributed by atoms with Gasteiger partial charge in [0.2, 0.25) is 0 Å². The number of fused-ring (bicyclic) bond motifs is 1. The van der Waals surface area contributed by atoms with Gasteiger partial charge in [-0.1, -0.05) is 86.6 Å². The van der Waals surface area contributed by atoms with Crippen molar-refractivity contribution in [3.63, 3.8) is 0 Å². The molecule has 4 heteroatoms. The van der Waals surface area contributed by atoms with Crippen LogP contribution in [0.2, 0.25) is 0 Å². The van der Waals surface area contributed by atoms with Gasteiger partial charge in [-0.3, -0.25) is 4.98 Å². The zero-order valence-corrected chi connectivity index (χ0v) is 19.9. The van der Waals surface area contributed by atoms with Crippen molar-refractivity contribution in [2.45, 2.75) is 26.3 Å². The van der Waals surface area contributed by atoms with Gasteiger partial charge in [-0.05, 0) is 35.2 Å². The highest BCUT2D eigenvalue weighted by molar-refractivity contribution is 5.98. The number of hydrogen-bond donors (Lipinski definition) is 1. The van der Waals surface area contributed by atoms with Crippen molar-refractivity contribution in [2.75, 3.05) is 5.32 Å². The van der Waals surface area contributed by atoms with Crippen LogP contribution in [0.3, 0.4) is 0 Å². The molecular formula is C31H26N4. The average molecular weight is 455 g/mol. The topological polar surface area (TPSA) is 61.6 Å². The maximum absolute atomic E-state index is 10.3. The lowest BCUT2D eigenvalue weighted by atomic mass is 9.92. The van der Waals surface area contributed by atoms with Gasteiger partial charge in [0.25, 0.3) is 0 Å². The monoisotopic (exact) mass is 454 g/mol. The first kappa shape index (κ1) is 22.3. The average Bonchev–Trinajstić information content (AvgIpc) is 2.92. The van der Waals surface area contributed by atoms with Crippen LogP contribution in [-0.2, 0) is 6.54 Å². The predicted molar refractivity (Wildman–Crippen MR) is 143 cm³/mol. The highest BCUT2D eigenvalue weighted by Crippen LogP contribution is 2.37. The van der Waals surface area contributed by atoms with Gasteiger partial charge in [0, 0.05) is 29.3 Å². The number of aromatic nitrogens is 2. The minimum absolute atomic E-state index is 0.319. The Kier molecular flexibility index (Phi) is 6.24. The van der Waals surface area contributed by atoms with E-state index >= 15 is 0 Å². The molecule has 0 fully saturated rings. The standard InChI is InChI=1S/C31H26N4/c1-21(2)24-9-3-4-10-25(24)31-27(19-32)30(26-11-5-6-13-29(26)35-31)34-20-22-14-16-23(17-15-22)28-12-7-8-18-33-28/h3-18,21H,20H2,1-2H3,(H,34,35). The van der Waals surface area contributed by atoms with E-state index in [1.807, 2.05) is 54.6 Å². The number of anilines is 1. The summed E-state index contributed by atoms with van der Waals surface area (Å²) < 4.78 is 0. The summed E-state index contributed by atoms with van der Waals surface area (Å²) in [6.07, 6.45) is 1.80. The zero-order chi connectivity index (χ0) is 24.2. The van der Waals surface area contributed by atoms with Crippen molar-refractivity contribution in [1.29, 1.82) is 5.26 Å². The van der Waals surface area contributed by atoms with E-state index in [4.69, 9.17) is 4.98 Å². The molecule has 0 amide bonds. The number of nitriles is 1. The lowest BCUT2D eigenvalue weighted by Gasteiger charge is -2.18. The summed E-state index contributed by atoms with van der Waals surface area (Å²) in [5.74, 6) is 0.319. The van der Waals surface area contributed by atoms with Crippen LogP contribution in [0, 0.1) is 11.3 Å². The summed E-state index contributed by atoms with van der Waals surface area (Å²) in [5.41, 5.74) is 8.33. The number of benzene rings is 3. The Bertz CT molecular complexity index is 1510. The Morgan fingerprint density at radius 1 is 0.857 bits per heavy atom. The number of pyridine rings is 2. The maximum atomic E-state index is 10.3. The second kappa shape index (κ2) is 9.79. The summed E-state index contributed by atoms with van der Waals surface area (Å²) in [6.45, 7) is 4.93. The molecule has 2 aromatic heterocycles. The Morgan fingerprint density at radius 2 is 1.60 bits per heavy atom. The van der Waals surface area contributed by atoms with Gasteiger partial charge in [-0.25, -0.2) is 4.98 Å². The molecule has 0 bridgehead atoms. The molecule has 1 N–H and O–H groups in total. The molecule has 0 unspecified atom stereocenters. The fourth-order valence-electron chi connectivity index (χ4n) is 4.43. The van der Waals surface area contributed by atoms with Gasteiger partial charge < -0.3 is 5.32 Å². The van der Waals surface area contributed by atoms with Crippen LogP contribution in [0.4, 0.5) is 5.69 Å². The lowest BCUT2D eigenvalue weighted by Crippen LogP contribution is -2.06. The lowest BCUT2D eigenvalue weighted by molar-refractivity contribution is 0.868. The predicted octanol–water partition coefficient (Wildman–Crippen LogP) is 7.57. The molecule has 0 saturated carbocycles. The fraction of sp³-hybridized carbons (Fsp3) is 0.129. The molecule has 170 valence electrons. The van der Waals surface area contributed by atoms with Crippen LogP contribution in [0.15, 0.2) is 97.2 Å². The van der Waals surface area contributed by atoms with E-state index < -0.39 is 0 Å². The number of nitrogens with zero attached hydrogens (tertiary/aromatic N) is 3. The van der Waals surface area contributed by atoms with Crippen LogP contribution in [-0.4, -0.2) is 9.97 Å². The zero-order valence-electron chi connectivity index (χ0n) is 19.9. The first-order chi connectivity index (χ1) is 17.2. The largest absolute Gasteiger partial charge is 0.379 e. The molecule has 0 aliphatic carbocycles. The Balaban J connectivity index is 1.55. The summed E-state index contributed by atoms with van der Waals surface area (Å²) >= 11 is 0. The molecule has 0 aliphatic heterocycles. The van der Waals surface area contributed by atoms with E-state index in [2.05, 4.69) is 66.6 Å². The van der Waals surface area contributed by atoms with E-state index in [0.717, 1.165) is 44.7 Å². The van der Waals surface area contributed by atoms with Gasteiger partial charge >= 0.3 is 0 Å². The molecule has 35 heavy (non-hydrogen) atoms. The molecule has 5 aromatic rings. The first-order valence-electron chi connectivity index (χ1n) is 11.8. The van der Waals surface area contributed by atoms with Crippen molar-refractivity contribution in [3.05, 3.63) is 114 Å². The minimum atomic E-state index is 0.319. The van der Waals surface area contributed by atoms with Crippen molar-refractivity contribution < 1.29 is 0 Å². The van der Waals surface area contributed by atoms with Crippen molar-refractivity contribution in [1.82, 2.24) is 9.97 Å². The van der Waals surface area contributed by atoms with E-state index in [1.54, 1.807) is 6.20 Å². The van der Waals surface area contributed by atoms with Crippen LogP contribution in [0.1, 0.15) is 36.5 Å². The van der Waals surface area contributed by atoms with Crippen molar-refractivity contribution in [3.8, 4) is 28.6 Å². The first-order valence-corrected chi connectivity index (χ1v) is 11.8. The molecule has 0 radical (unpaired) electrons. The summed E-state index contributed by atoms with van der Waals surface area (Å²) in [6, 6.07) is 33.0. The summed E-state index contributed by atoms with van der Waals surface area (Å²) in [5, 5.41) is 14.8. The van der Waals surface area contributed by atoms with E-state index in [9.17, 15) is 5.26 Å². The molecule has 0 saturated heterocycles. The summed E-state index contributed by atoms with van der Waals surface area (Å²) in [4.78, 5) is 9.38. The number of hydrogen-bond acceptors (Lipinski definition) is 4. The fourth-order valence-corrected chi connectivity index (χ4v) is 4.43. The van der Waals surface area contributed by atoms with Crippen molar-refractivity contribution in [2.24, 2.45) is 0 Å². The smallest absolute Gasteiger partial charge is 0.104 e. The highest BCUT2D eigenvalue weighted by Gasteiger charge is 2.19. The second-order valence-electron chi connectivity index (χ2n) is 8.85. The summed E-state index contributed by atoms with van der Waals surface area (Å²) in [7, 11) is 0. The molecule has 4 nitrogen and oxygen atoms in total. The van der Waals surface area contributed by atoms with E-state index in [0.29, 0.717) is 18.0 Å². The van der Waals surface area contributed by atoms with Gasteiger partial charge in [0.1, 0.15) is 11.6 Å². The third kappa shape index (κ3) is 4.49. The van der Waals surface area contributed by atoms with Crippen LogP contribution in [0.25, 0.3) is 33.4 Å². The maximum Gasteiger partial charge on any atom is 0.104 e. The van der Waals surface area contributed by atoms with Gasteiger partial charge in [0.15, 0.2) is 0 Å². The number of para-hydroxylation sites is 1. The Morgan fingerprint density at radius 3 is 2.34 bits per heavy atom. The van der Waals surface area contributed by atoms with Crippen molar-refractivity contribution >= 4 is 16.6 Å². The molecule has 3 aromatic carbocycles. The minimum Gasteiger partial charge on any atom is -0.379 e. The molecule has 2 heterocycles. The van der Waals surface area contributed by atoms with Crippen LogP contribution >= 0.6 is 0 Å². The van der Waals surface area contributed by atoms with E-state index in [1.165, 1.54) is 5.56 Å². The molecule has 0 spiro atoms. The normalized spacial score (nSPS) is 10.9. The third-order valence-corrected chi connectivity index (χ3v) is 6.23. The second-order valence-corrected chi connectivity index (χ2v) is 8.85. The molecular weight excluding hydrogens is 428 g/mol. The third-order valence-electron chi connectivity index (χ3n) is 6.23. The number of rotatable bonds is 6. The molecule has 0 atom stereocenters. The van der Waals surface area contributed by atoms with Crippen LogP contribution in [0.5, 0.6) is 0 Å². The van der Waals surface area contributed by atoms with E-state index in [-0.39, 0.29) is 0 Å². The van der Waals surface area contributed by atoms with Gasteiger partial charge in [-0.15, -0.1) is 0 Å². The highest BCUT2D eigenvalue weighted by atomic mass is 14.9. The van der Waals surface area contributed by atoms with Gasteiger partial charge in [-0.2, -0.15) is 5.26 Å².